The van der Waals surface area contributed by atoms with Crippen molar-refractivity contribution < 1.29 is 37.8 Å². The van der Waals surface area contributed by atoms with Gasteiger partial charge in [-0.1, -0.05) is 25.1 Å². The number of hydrogen-bond donors (Lipinski definition) is 3. The number of carbonyl (C=O) groups excluding carboxylic acids is 2. The Morgan fingerprint density at radius 1 is 1.12 bits per heavy atom. The number of aliphatic hydroxyl groups is 1. The number of carbonyl (C=O) groups is 2. The van der Waals surface area contributed by atoms with Crippen LogP contribution >= 0.6 is 0 Å². The Morgan fingerprint density at radius 2 is 1.75 bits per heavy atom. The summed E-state index contributed by atoms with van der Waals surface area (Å²) >= 11 is 0. The second kappa shape index (κ2) is 9.27. The molecule has 0 unspecified atom stereocenters. The smallest absolute Gasteiger partial charge is 0.390 e. The van der Waals surface area contributed by atoms with E-state index in [9.17, 15) is 33.1 Å². The largest absolute Gasteiger partial charge is 0.416 e. The number of halogens is 3. The van der Waals surface area contributed by atoms with Gasteiger partial charge in [-0.25, -0.2) is 5.06 Å². The number of benzene rings is 2. The maximum atomic E-state index is 12.6. The summed E-state index contributed by atoms with van der Waals surface area (Å²) in [7, 11) is 0. The molecule has 3 atom stereocenters. The summed E-state index contributed by atoms with van der Waals surface area (Å²) in [5.74, 6) is -1.25. The highest BCUT2D eigenvalue weighted by molar-refractivity contribution is 5.94. The lowest BCUT2D eigenvalue weighted by molar-refractivity contribution is -0.137. The fraction of sp³-hybridized carbons (Fsp3) is 0.364. The Labute approximate surface area is 182 Å². The molecule has 1 saturated heterocycles. The molecule has 0 aromatic heterocycles. The van der Waals surface area contributed by atoms with E-state index in [0.717, 1.165) is 24.3 Å². The number of hydrogen-bond acceptors (Lipinski definition) is 5. The van der Waals surface area contributed by atoms with Crippen molar-refractivity contribution in [3.63, 3.8) is 0 Å². The van der Waals surface area contributed by atoms with E-state index in [1.54, 1.807) is 37.3 Å². The van der Waals surface area contributed by atoms with Gasteiger partial charge in [0.2, 0.25) is 0 Å². The third-order valence-corrected chi connectivity index (χ3v) is 5.40. The number of hydroxylamine groups is 2. The number of amides is 2. The molecule has 0 radical (unpaired) electrons. The van der Waals surface area contributed by atoms with Crippen LogP contribution in [0.4, 0.5) is 13.2 Å². The molecule has 0 spiro atoms. The summed E-state index contributed by atoms with van der Waals surface area (Å²) < 4.78 is 43.5. The molecule has 3 N–H and O–H groups in total. The summed E-state index contributed by atoms with van der Waals surface area (Å²) in [5.41, 5.74) is -1.54. The molecule has 1 aliphatic rings. The van der Waals surface area contributed by atoms with E-state index in [1.165, 1.54) is 0 Å². The lowest BCUT2D eigenvalue weighted by Gasteiger charge is -2.31. The van der Waals surface area contributed by atoms with E-state index in [2.05, 4.69) is 5.32 Å². The van der Waals surface area contributed by atoms with Gasteiger partial charge in [-0.3, -0.25) is 14.8 Å². The van der Waals surface area contributed by atoms with Crippen molar-refractivity contribution in [3.05, 3.63) is 71.3 Å². The summed E-state index contributed by atoms with van der Waals surface area (Å²) in [6.07, 6.45) is -6.43. The number of aliphatic hydroxyl groups excluding tert-OH is 1. The lowest BCUT2D eigenvalue weighted by atomic mass is 9.84. The normalized spacial score (nSPS) is 23.1. The highest BCUT2D eigenvalue weighted by Crippen LogP contribution is 2.34. The predicted molar refractivity (Wildman–Crippen MR) is 107 cm³/mol. The fourth-order valence-electron chi connectivity index (χ4n) is 3.48. The van der Waals surface area contributed by atoms with Crippen LogP contribution in [0, 0.1) is 5.41 Å². The summed E-state index contributed by atoms with van der Waals surface area (Å²) in [4.78, 5) is 24.6. The molecule has 10 heteroatoms. The van der Waals surface area contributed by atoms with Crippen LogP contribution < -0.4 is 5.32 Å². The minimum atomic E-state index is -4.50. The molecule has 32 heavy (non-hydrogen) atoms. The van der Waals surface area contributed by atoms with Crippen LogP contribution in [0.2, 0.25) is 0 Å². The lowest BCUT2D eigenvalue weighted by Crippen LogP contribution is -2.47. The maximum absolute atomic E-state index is 12.6. The van der Waals surface area contributed by atoms with E-state index < -0.39 is 41.2 Å². The Hall–Kier alpha value is -2.95. The van der Waals surface area contributed by atoms with Crippen molar-refractivity contribution in [3.8, 4) is 0 Å². The van der Waals surface area contributed by atoms with Crippen LogP contribution in [0.1, 0.15) is 33.2 Å². The molecular weight excluding hydrogens is 429 g/mol. The molecule has 7 nitrogen and oxygen atoms in total. The van der Waals surface area contributed by atoms with E-state index in [4.69, 9.17) is 4.74 Å². The zero-order chi connectivity index (χ0) is 23.5. The quantitative estimate of drug-likeness (QED) is 0.463. The zero-order valence-corrected chi connectivity index (χ0v) is 17.2. The minimum absolute atomic E-state index is 0.0219. The van der Waals surface area contributed by atoms with E-state index in [0.29, 0.717) is 5.06 Å². The second-order valence-corrected chi connectivity index (χ2v) is 7.96. The standard InChI is InChI=1S/C22H23F3N2O5/c1-21(12-27(31)20(30)15-5-3-2-4-6-15)13-32-17(18(21)28)11-26-19(29)14-7-9-16(10-8-14)22(23,24)25/h2-10,17-18,28,31H,11-13H2,1H3,(H,26,29)/t17-,18-,21-/m1/s1. The van der Waals surface area contributed by atoms with Crippen LogP contribution in [0.3, 0.4) is 0 Å². The molecule has 0 aliphatic carbocycles. The molecule has 1 aliphatic heterocycles. The highest BCUT2D eigenvalue weighted by atomic mass is 19.4. The van der Waals surface area contributed by atoms with Crippen LogP contribution in [0.25, 0.3) is 0 Å². The van der Waals surface area contributed by atoms with Crippen molar-refractivity contribution in [2.24, 2.45) is 5.41 Å². The van der Waals surface area contributed by atoms with Gasteiger partial charge in [0.1, 0.15) is 6.10 Å². The SMILES string of the molecule is C[C@@]1(CN(O)C(=O)c2ccccc2)CO[C@H](CNC(=O)c2ccc(C(F)(F)F)cc2)[C@H]1O. The molecule has 0 saturated carbocycles. The van der Waals surface area contributed by atoms with Gasteiger partial charge < -0.3 is 15.2 Å². The Balaban J connectivity index is 1.56. The topological polar surface area (TPSA) is 99.1 Å². The Bertz CT molecular complexity index is 952. The van der Waals surface area contributed by atoms with Crippen molar-refractivity contribution in [2.75, 3.05) is 19.7 Å². The van der Waals surface area contributed by atoms with Crippen molar-refractivity contribution in [1.82, 2.24) is 10.4 Å². The van der Waals surface area contributed by atoms with E-state index in [-0.39, 0.29) is 30.8 Å². The molecule has 172 valence electrons. The van der Waals surface area contributed by atoms with Crippen molar-refractivity contribution in [2.45, 2.75) is 25.3 Å². The summed E-state index contributed by atoms with van der Waals surface area (Å²) in [6.45, 7) is 1.35. The van der Waals surface area contributed by atoms with E-state index >= 15 is 0 Å². The van der Waals surface area contributed by atoms with Crippen LogP contribution in [0.15, 0.2) is 54.6 Å². The molecule has 1 heterocycles. The first kappa shape index (κ1) is 23.7. The number of nitrogens with zero attached hydrogens (tertiary/aromatic N) is 1. The van der Waals surface area contributed by atoms with Gasteiger partial charge in [-0.05, 0) is 36.4 Å². The van der Waals surface area contributed by atoms with Crippen molar-refractivity contribution in [1.29, 1.82) is 0 Å². The van der Waals surface area contributed by atoms with Gasteiger partial charge in [-0.15, -0.1) is 0 Å². The van der Waals surface area contributed by atoms with Gasteiger partial charge in [0.15, 0.2) is 0 Å². The minimum Gasteiger partial charge on any atom is -0.390 e. The van der Waals surface area contributed by atoms with Crippen LogP contribution in [0.5, 0.6) is 0 Å². The first-order valence-electron chi connectivity index (χ1n) is 9.82. The summed E-state index contributed by atoms with van der Waals surface area (Å²) in [6, 6.07) is 11.9. The zero-order valence-electron chi connectivity index (χ0n) is 17.2. The van der Waals surface area contributed by atoms with Gasteiger partial charge in [0.25, 0.3) is 11.8 Å². The number of rotatable bonds is 6. The van der Waals surface area contributed by atoms with Gasteiger partial charge in [0, 0.05) is 23.1 Å². The number of ether oxygens (including phenoxy) is 1. The second-order valence-electron chi connectivity index (χ2n) is 7.96. The third kappa shape index (κ3) is 5.26. The molecule has 1 fully saturated rings. The molecular formula is C22H23F3N2O5. The van der Waals surface area contributed by atoms with Crippen molar-refractivity contribution >= 4 is 11.8 Å². The summed E-state index contributed by atoms with van der Waals surface area (Å²) in [5, 5.41) is 23.9. The first-order valence-corrected chi connectivity index (χ1v) is 9.82. The molecule has 0 bridgehead atoms. The molecule has 2 aromatic carbocycles. The Morgan fingerprint density at radius 3 is 2.34 bits per heavy atom. The number of nitrogens with one attached hydrogen (secondary N) is 1. The average Bonchev–Trinajstić information content (AvgIpc) is 3.05. The van der Waals surface area contributed by atoms with Crippen LogP contribution in [-0.2, 0) is 10.9 Å². The predicted octanol–water partition coefficient (Wildman–Crippen LogP) is 2.73. The third-order valence-electron chi connectivity index (χ3n) is 5.40. The fourth-order valence-corrected chi connectivity index (χ4v) is 3.48. The van der Waals surface area contributed by atoms with Crippen LogP contribution in [-0.4, -0.2) is 59.1 Å². The van der Waals surface area contributed by atoms with Gasteiger partial charge in [0.05, 0.1) is 24.8 Å². The Kier molecular flexibility index (Phi) is 6.87. The molecule has 3 rings (SSSR count). The first-order chi connectivity index (χ1) is 15.0. The van der Waals surface area contributed by atoms with E-state index in [1.807, 2.05) is 0 Å². The average molecular weight is 452 g/mol. The molecule has 2 amide bonds. The monoisotopic (exact) mass is 452 g/mol. The molecule has 2 aromatic rings. The highest BCUT2D eigenvalue weighted by Gasteiger charge is 2.47. The van der Waals surface area contributed by atoms with Gasteiger partial charge >= 0.3 is 6.18 Å². The maximum Gasteiger partial charge on any atom is 0.416 e. The van der Waals surface area contributed by atoms with Gasteiger partial charge in [-0.2, -0.15) is 13.2 Å². The number of alkyl halides is 3.